The Bertz CT molecular complexity index is 491. The van der Waals surface area contributed by atoms with Gasteiger partial charge in [-0.25, -0.2) is 4.98 Å². The highest BCUT2D eigenvalue weighted by Crippen LogP contribution is 2.71. The fourth-order valence-electron chi connectivity index (χ4n) is 6.68. The normalized spacial score (nSPS) is 47.6. The van der Waals surface area contributed by atoms with Crippen molar-refractivity contribution < 1.29 is 0 Å². The number of aromatic nitrogens is 2. The number of H-pyrrole nitrogens is 1. The van der Waals surface area contributed by atoms with E-state index < -0.39 is 0 Å². The van der Waals surface area contributed by atoms with E-state index in [0.717, 1.165) is 18.2 Å². The summed E-state index contributed by atoms with van der Waals surface area (Å²) in [6.07, 6.45) is 13.6. The van der Waals surface area contributed by atoms with Gasteiger partial charge >= 0.3 is 0 Å². The van der Waals surface area contributed by atoms with Gasteiger partial charge in [0.25, 0.3) is 0 Å². The van der Waals surface area contributed by atoms with Crippen molar-refractivity contribution in [2.24, 2.45) is 22.2 Å². The van der Waals surface area contributed by atoms with Crippen LogP contribution in [0.25, 0.3) is 0 Å². The Morgan fingerprint density at radius 3 is 2.50 bits per heavy atom. The molecular weight excluding hydrogens is 312 g/mol. The van der Waals surface area contributed by atoms with Crippen LogP contribution < -0.4 is 0 Å². The molecule has 1 heterocycles. The molecule has 3 heteroatoms. The summed E-state index contributed by atoms with van der Waals surface area (Å²) < 4.78 is 0. The minimum absolute atomic E-state index is 0.510. The summed E-state index contributed by atoms with van der Waals surface area (Å²) in [6, 6.07) is 0. The predicted octanol–water partition coefficient (Wildman–Crippen LogP) is 4.71. The smallest absolute Gasteiger partial charge is 0.107 e. The summed E-state index contributed by atoms with van der Waals surface area (Å²) in [7, 11) is 0. The van der Waals surface area contributed by atoms with Gasteiger partial charge < -0.3 is 4.98 Å². The van der Waals surface area contributed by atoms with Crippen molar-refractivity contribution in [1.29, 1.82) is 0 Å². The van der Waals surface area contributed by atoms with Crippen LogP contribution in [-0.2, 0) is 6.42 Å². The van der Waals surface area contributed by atoms with E-state index in [-0.39, 0.29) is 0 Å². The third-order valence-corrected chi connectivity index (χ3v) is 7.56. The van der Waals surface area contributed by atoms with Crippen molar-refractivity contribution >= 4 is 15.9 Å². The summed E-state index contributed by atoms with van der Waals surface area (Å²) in [5.41, 5.74) is 1.71. The van der Waals surface area contributed by atoms with Gasteiger partial charge in [0.1, 0.15) is 5.82 Å². The van der Waals surface area contributed by atoms with E-state index >= 15 is 0 Å². The SMILES string of the molecule is CC12CC3CC(C)(C1)CC(C(Br)Cc1ncc[nH]1)(C3)C2. The number of aromatic amines is 1. The number of rotatable bonds is 3. The molecule has 1 N–H and O–H groups in total. The highest BCUT2D eigenvalue weighted by Gasteiger charge is 2.61. The zero-order valence-electron chi connectivity index (χ0n) is 12.6. The second-order valence-electron chi connectivity index (χ2n) is 8.70. The second-order valence-corrected chi connectivity index (χ2v) is 9.81. The Morgan fingerprint density at radius 1 is 1.25 bits per heavy atom. The molecule has 0 saturated heterocycles. The van der Waals surface area contributed by atoms with Crippen molar-refractivity contribution in [2.45, 2.75) is 63.6 Å². The van der Waals surface area contributed by atoms with Crippen LogP contribution in [0.3, 0.4) is 0 Å². The zero-order chi connectivity index (χ0) is 14.0. The summed E-state index contributed by atoms with van der Waals surface area (Å²) in [6.45, 7) is 5.11. The molecule has 0 amide bonds. The van der Waals surface area contributed by atoms with Crippen LogP contribution >= 0.6 is 15.9 Å². The molecule has 4 saturated carbocycles. The van der Waals surface area contributed by atoms with E-state index in [4.69, 9.17) is 0 Å². The molecule has 4 fully saturated rings. The minimum Gasteiger partial charge on any atom is -0.349 e. The monoisotopic (exact) mass is 336 g/mol. The lowest BCUT2D eigenvalue weighted by Crippen LogP contribution is -2.58. The van der Waals surface area contributed by atoms with Gasteiger partial charge in [-0.15, -0.1) is 0 Å². The van der Waals surface area contributed by atoms with Crippen molar-refractivity contribution in [3.63, 3.8) is 0 Å². The molecule has 3 unspecified atom stereocenters. The van der Waals surface area contributed by atoms with Crippen LogP contribution in [0.2, 0.25) is 0 Å². The number of halogens is 1. The molecule has 5 rings (SSSR count). The molecule has 2 nitrogen and oxygen atoms in total. The zero-order valence-corrected chi connectivity index (χ0v) is 14.2. The Labute approximate surface area is 130 Å². The van der Waals surface area contributed by atoms with Gasteiger partial charge in [-0.2, -0.15) is 0 Å². The first-order chi connectivity index (χ1) is 9.41. The van der Waals surface area contributed by atoms with Crippen LogP contribution in [0.4, 0.5) is 0 Å². The molecule has 0 aromatic carbocycles. The average molecular weight is 337 g/mol. The van der Waals surface area contributed by atoms with Gasteiger partial charge in [-0.3, -0.25) is 0 Å². The maximum Gasteiger partial charge on any atom is 0.107 e. The van der Waals surface area contributed by atoms with E-state index in [1.165, 1.54) is 38.5 Å². The largest absolute Gasteiger partial charge is 0.349 e. The van der Waals surface area contributed by atoms with Crippen LogP contribution in [-0.4, -0.2) is 14.8 Å². The van der Waals surface area contributed by atoms with Crippen LogP contribution in [0.15, 0.2) is 12.4 Å². The van der Waals surface area contributed by atoms with E-state index in [1.54, 1.807) is 0 Å². The van der Waals surface area contributed by atoms with E-state index in [0.29, 0.717) is 21.1 Å². The van der Waals surface area contributed by atoms with Crippen LogP contribution in [0.5, 0.6) is 0 Å². The Kier molecular flexibility index (Phi) is 2.75. The Balaban J connectivity index is 1.63. The van der Waals surface area contributed by atoms with Gasteiger partial charge in [-0.1, -0.05) is 29.8 Å². The van der Waals surface area contributed by atoms with Crippen molar-refractivity contribution in [1.82, 2.24) is 9.97 Å². The standard InChI is InChI=1S/C17H25BrN2/c1-15-6-12-7-16(2,9-15)11-17(8-12,10-15)13(18)5-14-19-3-4-20-14/h3-4,12-13H,5-11H2,1-2H3,(H,19,20). The summed E-state index contributed by atoms with van der Waals surface area (Å²) in [4.78, 5) is 8.28. The average Bonchev–Trinajstić information content (AvgIpc) is 2.76. The molecule has 3 atom stereocenters. The summed E-state index contributed by atoms with van der Waals surface area (Å²) in [5.74, 6) is 2.11. The Hall–Kier alpha value is -0.310. The van der Waals surface area contributed by atoms with Gasteiger partial charge in [0.2, 0.25) is 0 Å². The van der Waals surface area contributed by atoms with E-state index in [9.17, 15) is 0 Å². The van der Waals surface area contributed by atoms with Crippen molar-refractivity contribution in [3.05, 3.63) is 18.2 Å². The first-order valence-corrected chi connectivity index (χ1v) is 8.94. The lowest BCUT2D eigenvalue weighted by Gasteiger charge is -2.66. The molecule has 4 bridgehead atoms. The van der Waals surface area contributed by atoms with Gasteiger partial charge in [0, 0.05) is 23.6 Å². The maximum atomic E-state index is 4.43. The fourth-order valence-corrected chi connectivity index (χ4v) is 7.50. The topological polar surface area (TPSA) is 28.7 Å². The molecule has 1 aromatic heterocycles. The first kappa shape index (κ1) is 13.4. The van der Waals surface area contributed by atoms with Crippen molar-refractivity contribution in [3.8, 4) is 0 Å². The number of alkyl halides is 1. The van der Waals surface area contributed by atoms with Crippen LogP contribution in [0, 0.1) is 22.2 Å². The van der Waals surface area contributed by atoms with E-state index in [1.807, 2.05) is 12.4 Å². The molecule has 1 aromatic rings. The highest BCUT2D eigenvalue weighted by molar-refractivity contribution is 9.09. The van der Waals surface area contributed by atoms with Gasteiger partial charge in [0.05, 0.1) is 0 Å². The van der Waals surface area contributed by atoms with Crippen LogP contribution in [0.1, 0.15) is 58.2 Å². The van der Waals surface area contributed by atoms with Crippen molar-refractivity contribution in [2.75, 3.05) is 0 Å². The fraction of sp³-hybridized carbons (Fsp3) is 0.824. The molecule has 0 spiro atoms. The number of nitrogens with zero attached hydrogens (tertiary/aromatic N) is 1. The number of hydrogen-bond acceptors (Lipinski definition) is 1. The highest BCUT2D eigenvalue weighted by atomic mass is 79.9. The molecule has 0 radical (unpaired) electrons. The molecule has 0 aliphatic heterocycles. The van der Waals surface area contributed by atoms with Gasteiger partial charge in [0.15, 0.2) is 0 Å². The summed E-state index contributed by atoms with van der Waals surface area (Å²) in [5, 5.41) is 0. The molecule has 4 aliphatic carbocycles. The maximum absolute atomic E-state index is 4.43. The second kappa shape index (κ2) is 4.12. The van der Waals surface area contributed by atoms with E-state index in [2.05, 4.69) is 39.7 Å². The molecule has 20 heavy (non-hydrogen) atoms. The number of hydrogen-bond donors (Lipinski definition) is 1. The molecule has 110 valence electrons. The number of nitrogens with one attached hydrogen (secondary N) is 1. The molecule has 4 aliphatic rings. The van der Waals surface area contributed by atoms with Gasteiger partial charge in [-0.05, 0) is 60.7 Å². The third kappa shape index (κ3) is 2.00. The quantitative estimate of drug-likeness (QED) is 0.795. The predicted molar refractivity (Wildman–Crippen MR) is 84.8 cm³/mol. The lowest BCUT2D eigenvalue weighted by atomic mass is 9.39. The Morgan fingerprint density at radius 2 is 1.95 bits per heavy atom. The molecular formula is C17H25BrN2. The summed E-state index contributed by atoms with van der Waals surface area (Å²) >= 11 is 4.08. The first-order valence-electron chi connectivity index (χ1n) is 8.03. The lowest BCUT2D eigenvalue weighted by molar-refractivity contribution is -0.144. The minimum atomic E-state index is 0.510. The number of imidazole rings is 1. The third-order valence-electron chi connectivity index (χ3n) is 6.26.